The molecule has 0 fully saturated rings. The lowest BCUT2D eigenvalue weighted by atomic mass is 10.2. The van der Waals surface area contributed by atoms with Crippen LogP contribution in [0.5, 0.6) is 0 Å². The summed E-state index contributed by atoms with van der Waals surface area (Å²) >= 11 is 0. The normalized spacial score (nSPS) is 15.3. The van der Waals surface area contributed by atoms with Crippen LogP contribution in [0.15, 0.2) is 0 Å². The van der Waals surface area contributed by atoms with Crippen LogP contribution in [0.3, 0.4) is 0 Å². The first-order chi connectivity index (χ1) is 5.57. The highest BCUT2D eigenvalue weighted by atomic mass is 16.3. The van der Waals surface area contributed by atoms with Crippen molar-refractivity contribution in [3.8, 4) is 0 Å². The smallest absolute Gasteiger partial charge is 0.236 e. The average Bonchev–Trinajstić information content (AvgIpc) is 2.02. The van der Waals surface area contributed by atoms with Crippen LogP contribution in [0.4, 0.5) is 0 Å². The molecule has 0 aromatic rings. The summed E-state index contributed by atoms with van der Waals surface area (Å²) in [7, 11) is 1.74. The minimum absolute atomic E-state index is 0.0295. The second-order valence-electron chi connectivity index (χ2n) is 2.94. The molecule has 4 nitrogen and oxygen atoms in total. The SMILES string of the molecule is CNC(C)C(=O)NCCC(C)O. The van der Waals surface area contributed by atoms with Crippen LogP contribution in [0.1, 0.15) is 20.3 Å². The van der Waals surface area contributed by atoms with Gasteiger partial charge in [-0.2, -0.15) is 0 Å². The first kappa shape index (κ1) is 11.4. The lowest BCUT2D eigenvalue weighted by Gasteiger charge is -2.11. The van der Waals surface area contributed by atoms with Gasteiger partial charge in [0.15, 0.2) is 0 Å². The monoisotopic (exact) mass is 174 g/mol. The van der Waals surface area contributed by atoms with Gasteiger partial charge in [-0.25, -0.2) is 0 Å². The van der Waals surface area contributed by atoms with E-state index < -0.39 is 0 Å². The van der Waals surface area contributed by atoms with Gasteiger partial charge in [0.2, 0.25) is 5.91 Å². The molecule has 0 saturated carbocycles. The van der Waals surface area contributed by atoms with E-state index in [4.69, 9.17) is 5.11 Å². The summed E-state index contributed by atoms with van der Waals surface area (Å²) < 4.78 is 0. The molecule has 2 atom stereocenters. The summed E-state index contributed by atoms with van der Waals surface area (Å²) in [6.07, 6.45) is 0.248. The van der Waals surface area contributed by atoms with Crippen molar-refractivity contribution in [1.29, 1.82) is 0 Å². The molecule has 0 rings (SSSR count). The zero-order valence-electron chi connectivity index (χ0n) is 7.92. The quantitative estimate of drug-likeness (QED) is 0.525. The third-order valence-electron chi connectivity index (χ3n) is 1.69. The molecule has 0 heterocycles. The Morgan fingerprint density at radius 2 is 2.08 bits per heavy atom. The number of aliphatic hydroxyl groups excluding tert-OH is 1. The van der Waals surface area contributed by atoms with Crippen LogP contribution in [-0.2, 0) is 4.79 Å². The molecular formula is C8H18N2O2. The van der Waals surface area contributed by atoms with Gasteiger partial charge < -0.3 is 15.7 Å². The highest BCUT2D eigenvalue weighted by molar-refractivity contribution is 5.81. The van der Waals surface area contributed by atoms with Gasteiger partial charge in [0.1, 0.15) is 0 Å². The molecule has 0 spiro atoms. The number of amides is 1. The number of aliphatic hydroxyl groups is 1. The second kappa shape index (κ2) is 5.97. The number of carbonyl (C=O) groups is 1. The van der Waals surface area contributed by atoms with Crippen LogP contribution in [-0.4, -0.2) is 36.8 Å². The van der Waals surface area contributed by atoms with Crippen molar-refractivity contribution < 1.29 is 9.90 Å². The Balaban J connectivity index is 3.44. The number of likely N-dealkylation sites (N-methyl/N-ethyl adjacent to an activating group) is 1. The average molecular weight is 174 g/mol. The van der Waals surface area contributed by atoms with Gasteiger partial charge >= 0.3 is 0 Å². The van der Waals surface area contributed by atoms with Gasteiger partial charge in [-0.05, 0) is 27.3 Å². The molecule has 2 unspecified atom stereocenters. The Morgan fingerprint density at radius 3 is 2.50 bits per heavy atom. The molecule has 12 heavy (non-hydrogen) atoms. The summed E-state index contributed by atoms with van der Waals surface area (Å²) in [5.74, 6) is -0.0295. The molecule has 0 aliphatic rings. The van der Waals surface area contributed by atoms with E-state index in [2.05, 4.69) is 10.6 Å². The Labute approximate surface area is 73.3 Å². The minimum Gasteiger partial charge on any atom is -0.393 e. The van der Waals surface area contributed by atoms with E-state index in [9.17, 15) is 4.79 Å². The lowest BCUT2D eigenvalue weighted by Crippen LogP contribution is -2.41. The van der Waals surface area contributed by atoms with E-state index in [0.29, 0.717) is 13.0 Å². The number of nitrogens with one attached hydrogen (secondary N) is 2. The molecule has 0 aromatic heterocycles. The Kier molecular flexibility index (Phi) is 5.66. The van der Waals surface area contributed by atoms with Crippen LogP contribution < -0.4 is 10.6 Å². The topological polar surface area (TPSA) is 61.4 Å². The first-order valence-corrected chi connectivity index (χ1v) is 4.21. The highest BCUT2D eigenvalue weighted by Crippen LogP contribution is 1.87. The fourth-order valence-electron chi connectivity index (χ4n) is 0.688. The summed E-state index contributed by atoms with van der Waals surface area (Å²) in [6.45, 7) is 4.02. The van der Waals surface area contributed by atoms with Crippen molar-refractivity contribution in [2.75, 3.05) is 13.6 Å². The Bertz CT molecular complexity index is 137. The predicted octanol–water partition coefficient (Wildman–Crippen LogP) is -0.519. The number of hydrogen-bond acceptors (Lipinski definition) is 3. The van der Waals surface area contributed by atoms with E-state index in [1.165, 1.54) is 0 Å². The van der Waals surface area contributed by atoms with Gasteiger partial charge in [-0.1, -0.05) is 0 Å². The standard InChI is InChI=1S/C8H18N2O2/c1-6(11)4-5-10-8(12)7(2)9-3/h6-7,9,11H,4-5H2,1-3H3,(H,10,12). The zero-order chi connectivity index (χ0) is 9.56. The van der Waals surface area contributed by atoms with E-state index in [0.717, 1.165) is 0 Å². The third kappa shape index (κ3) is 5.09. The molecule has 4 heteroatoms. The molecule has 0 radical (unpaired) electrons. The minimum atomic E-state index is -0.352. The van der Waals surface area contributed by atoms with Crippen molar-refractivity contribution in [2.45, 2.75) is 32.4 Å². The van der Waals surface area contributed by atoms with Gasteiger partial charge in [-0.15, -0.1) is 0 Å². The molecule has 0 aliphatic carbocycles. The van der Waals surface area contributed by atoms with E-state index in [-0.39, 0.29) is 18.1 Å². The Hall–Kier alpha value is -0.610. The lowest BCUT2D eigenvalue weighted by molar-refractivity contribution is -0.122. The van der Waals surface area contributed by atoms with Crippen molar-refractivity contribution in [2.24, 2.45) is 0 Å². The maximum Gasteiger partial charge on any atom is 0.236 e. The highest BCUT2D eigenvalue weighted by Gasteiger charge is 2.08. The van der Waals surface area contributed by atoms with Gasteiger partial charge in [0.05, 0.1) is 12.1 Å². The second-order valence-corrected chi connectivity index (χ2v) is 2.94. The van der Waals surface area contributed by atoms with Gasteiger partial charge in [0, 0.05) is 6.54 Å². The summed E-state index contributed by atoms with van der Waals surface area (Å²) in [5.41, 5.74) is 0. The molecular weight excluding hydrogens is 156 g/mol. The fourth-order valence-corrected chi connectivity index (χ4v) is 0.688. The largest absolute Gasteiger partial charge is 0.393 e. The molecule has 3 N–H and O–H groups in total. The third-order valence-corrected chi connectivity index (χ3v) is 1.69. The molecule has 0 bridgehead atoms. The molecule has 0 aromatic carbocycles. The molecule has 0 aliphatic heterocycles. The maximum atomic E-state index is 11.1. The van der Waals surface area contributed by atoms with Crippen LogP contribution >= 0.6 is 0 Å². The van der Waals surface area contributed by atoms with E-state index in [1.807, 2.05) is 0 Å². The Morgan fingerprint density at radius 1 is 1.50 bits per heavy atom. The first-order valence-electron chi connectivity index (χ1n) is 4.21. The summed E-state index contributed by atoms with van der Waals surface area (Å²) in [4.78, 5) is 11.1. The summed E-state index contributed by atoms with van der Waals surface area (Å²) in [6, 6.07) is -0.168. The van der Waals surface area contributed by atoms with Crippen LogP contribution in [0.25, 0.3) is 0 Å². The number of carbonyl (C=O) groups excluding carboxylic acids is 1. The maximum absolute atomic E-state index is 11.1. The van der Waals surface area contributed by atoms with Crippen molar-refractivity contribution in [1.82, 2.24) is 10.6 Å². The molecule has 1 amide bonds. The van der Waals surface area contributed by atoms with Gasteiger partial charge in [-0.3, -0.25) is 4.79 Å². The number of rotatable bonds is 5. The predicted molar refractivity (Wildman–Crippen MR) is 47.8 cm³/mol. The van der Waals surface area contributed by atoms with Gasteiger partial charge in [0.25, 0.3) is 0 Å². The van der Waals surface area contributed by atoms with Crippen molar-refractivity contribution >= 4 is 5.91 Å². The fraction of sp³-hybridized carbons (Fsp3) is 0.875. The summed E-state index contributed by atoms with van der Waals surface area (Å²) in [5, 5.41) is 14.4. The zero-order valence-corrected chi connectivity index (χ0v) is 7.92. The van der Waals surface area contributed by atoms with Crippen molar-refractivity contribution in [3.63, 3.8) is 0 Å². The van der Waals surface area contributed by atoms with Crippen LogP contribution in [0, 0.1) is 0 Å². The van der Waals surface area contributed by atoms with E-state index >= 15 is 0 Å². The number of hydrogen-bond donors (Lipinski definition) is 3. The van der Waals surface area contributed by atoms with E-state index in [1.54, 1.807) is 20.9 Å². The molecule has 72 valence electrons. The van der Waals surface area contributed by atoms with Crippen LogP contribution in [0.2, 0.25) is 0 Å². The van der Waals surface area contributed by atoms with Crippen molar-refractivity contribution in [3.05, 3.63) is 0 Å². The molecule has 0 saturated heterocycles.